The van der Waals surface area contributed by atoms with E-state index < -0.39 is 37.3 Å². The second-order valence-electron chi connectivity index (χ2n) is 2.81. The van der Waals surface area contributed by atoms with Gasteiger partial charge in [0.25, 0.3) is 0 Å². The summed E-state index contributed by atoms with van der Waals surface area (Å²) in [6.07, 6.45) is -4.85. The van der Waals surface area contributed by atoms with Crippen molar-refractivity contribution in [2.75, 3.05) is 6.61 Å². The van der Waals surface area contributed by atoms with Gasteiger partial charge >= 0.3 is 0 Å². The van der Waals surface area contributed by atoms with Crippen molar-refractivity contribution in [1.29, 1.82) is 0 Å². The lowest BCUT2D eigenvalue weighted by Crippen LogP contribution is -2.61. The highest BCUT2D eigenvalue weighted by atomic mass is 35.5. The number of halogens is 1. The van der Waals surface area contributed by atoms with E-state index in [0.29, 0.717) is 0 Å². The van der Waals surface area contributed by atoms with Crippen LogP contribution in [0, 0.1) is 0 Å². The molecule has 7 heteroatoms. The summed E-state index contributed by atoms with van der Waals surface area (Å²) in [5.74, 6) is 0. The first-order valence-corrected chi connectivity index (χ1v) is 3.64. The first-order valence-electron chi connectivity index (χ1n) is 3.64. The van der Waals surface area contributed by atoms with Gasteiger partial charge < -0.3 is 30.9 Å². The molecule has 1 heterocycles. The SMILES string of the molecule is Cl.N[C@@H]1[C@@H](O)[C@H](O)[C@@H](CO)O[C@@H]1O. The summed E-state index contributed by atoms with van der Waals surface area (Å²) in [4.78, 5) is 0. The van der Waals surface area contributed by atoms with Crippen LogP contribution >= 0.6 is 12.4 Å². The molecule has 1 saturated heterocycles. The Labute approximate surface area is 81.3 Å². The smallest absolute Gasteiger partial charge is 0.173 e. The highest BCUT2D eigenvalue weighted by Crippen LogP contribution is 2.17. The first-order chi connectivity index (χ1) is 5.57. The van der Waals surface area contributed by atoms with Gasteiger partial charge in [-0.1, -0.05) is 0 Å². The van der Waals surface area contributed by atoms with E-state index in [4.69, 9.17) is 20.7 Å². The Hall–Kier alpha value is 0.0500. The fourth-order valence-electron chi connectivity index (χ4n) is 1.12. The van der Waals surface area contributed by atoms with Crippen molar-refractivity contribution in [1.82, 2.24) is 0 Å². The van der Waals surface area contributed by atoms with E-state index in [1.807, 2.05) is 0 Å². The van der Waals surface area contributed by atoms with Crippen LogP contribution in [0.1, 0.15) is 0 Å². The van der Waals surface area contributed by atoms with Crippen LogP contribution in [-0.2, 0) is 4.74 Å². The number of hydrogen-bond donors (Lipinski definition) is 5. The van der Waals surface area contributed by atoms with Gasteiger partial charge in [-0.25, -0.2) is 0 Å². The Morgan fingerprint density at radius 2 is 1.69 bits per heavy atom. The molecule has 5 atom stereocenters. The lowest BCUT2D eigenvalue weighted by molar-refractivity contribution is -0.248. The Morgan fingerprint density at radius 1 is 1.15 bits per heavy atom. The lowest BCUT2D eigenvalue weighted by Gasteiger charge is -2.38. The third-order valence-corrected chi connectivity index (χ3v) is 1.95. The molecule has 0 amide bonds. The molecule has 13 heavy (non-hydrogen) atoms. The number of nitrogens with two attached hydrogens (primary N) is 1. The van der Waals surface area contributed by atoms with Gasteiger partial charge in [0.1, 0.15) is 18.3 Å². The Bertz CT molecular complexity index is 155. The predicted octanol–water partition coefficient (Wildman–Crippen LogP) is -2.83. The van der Waals surface area contributed by atoms with Crippen LogP contribution < -0.4 is 5.73 Å². The lowest BCUT2D eigenvalue weighted by atomic mass is 9.98. The van der Waals surface area contributed by atoms with E-state index in [9.17, 15) is 10.2 Å². The minimum Gasteiger partial charge on any atom is -0.394 e. The Balaban J connectivity index is 0.00000144. The van der Waals surface area contributed by atoms with E-state index >= 15 is 0 Å². The second kappa shape index (κ2) is 5.06. The van der Waals surface area contributed by atoms with Gasteiger partial charge in [0.2, 0.25) is 0 Å². The maximum Gasteiger partial charge on any atom is 0.173 e. The zero-order chi connectivity index (χ0) is 9.30. The van der Waals surface area contributed by atoms with Gasteiger partial charge in [-0.05, 0) is 0 Å². The van der Waals surface area contributed by atoms with Crippen LogP contribution in [0.15, 0.2) is 0 Å². The number of rotatable bonds is 1. The van der Waals surface area contributed by atoms with Crippen molar-refractivity contribution in [3.05, 3.63) is 0 Å². The van der Waals surface area contributed by atoms with Crippen molar-refractivity contribution in [2.24, 2.45) is 5.73 Å². The van der Waals surface area contributed by atoms with Crippen molar-refractivity contribution in [3.8, 4) is 0 Å². The Kier molecular flexibility index (Phi) is 5.08. The van der Waals surface area contributed by atoms with Gasteiger partial charge in [0.15, 0.2) is 6.29 Å². The average Bonchev–Trinajstić information content (AvgIpc) is 2.08. The van der Waals surface area contributed by atoms with E-state index in [-0.39, 0.29) is 12.4 Å². The number of aliphatic hydroxyl groups excluding tert-OH is 4. The van der Waals surface area contributed by atoms with Crippen LogP contribution in [0.25, 0.3) is 0 Å². The largest absolute Gasteiger partial charge is 0.394 e. The van der Waals surface area contributed by atoms with Gasteiger partial charge in [-0.15, -0.1) is 12.4 Å². The summed E-state index contributed by atoms with van der Waals surface area (Å²) >= 11 is 0. The number of ether oxygens (including phenoxy) is 1. The topological polar surface area (TPSA) is 116 Å². The normalized spacial score (nSPS) is 45.5. The van der Waals surface area contributed by atoms with E-state index in [0.717, 1.165) is 0 Å². The van der Waals surface area contributed by atoms with Crippen LogP contribution in [0.3, 0.4) is 0 Å². The van der Waals surface area contributed by atoms with Gasteiger partial charge in [-0.3, -0.25) is 0 Å². The summed E-state index contributed by atoms with van der Waals surface area (Å²) in [5.41, 5.74) is 5.26. The minimum absolute atomic E-state index is 0. The average molecular weight is 216 g/mol. The van der Waals surface area contributed by atoms with Gasteiger partial charge in [0.05, 0.1) is 12.6 Å². The maximum absolute atomic E-state index is 9.20. The highest BCUT2D eigenvalue weighted by molar-refractivity contribution is 5.85. The second-order valence-corrected chi connectivity index (χ2v) is 2.81. The fraction of sp³-hybridized carbons (Fsp3) is 1.00. The van der Waals surface area contributed by atoms with Crippen molar-refractivity contribution in [3.63, 3.8) is 0 Å². The van der Waals surface area contributed by atoms with E-state index in [2.05, 4.69) is 0 Å². The maximum atomic E-state index is 9.20. The molecule has 1 fully saturated rings. The monoisotopic (exact) mass is 215 g/mol. The molecule has 1 aliphatic rings. The highest BCUT2D eigenvalue weighted by Gasteiger charge is 2.41. The summed E-state index contributed by atoms with van der Waals surface area (Å²) in [6.45, 7) is -0.470. The molecule has 6 nitrogen and oxygen atoms in total. The van der Waals surface area contributed by atoms with Crippen LogP contribution in [0.4, 0.5) is 0 Å². The molecular formula is C6H14ClNO5. The van der Waals surface area contributed by atoms with Crippen LogP contribution in [-0.4, -0.2) is 57.7 Å². The molecule has 0 aromatic heterocycles. The van der Waals surface area contributed by atoms with Gasteiger partial charge in [0, 0.05) is 0 Å². The van der Waals surface area contributed by atoms with Crippen LogP contribution in [0.2, 0.25) is 0 Å². The van der Waals surface area contributed by atoms with Crippen molar-refractivity contribution >= 4 is 12.4 Å². The molecule has 0 aliphatic carbocycles. The first kappa shape index (κ1) is 13.1. The molecule has 0 spiro atoms. The van der Waals surface area contributed by atoms with E-state index in [1.54, 1.807) is 0 Å². The molecule has 0 unspecified atom stereocenters. The summed E-state index contributed by atoms with van der Waals surface area (Å²) in [6, 6.07) is -1.04. The number of aliphatic hydroxyl groups is 4. The third-order valence-electron chi connectivity index (χ3n) is 1.95. The third kappa shape index (κ3) is 2.50. The molecule has 1 aliphatic heterocycles. The zero-order valence-electron chi connectivity index (χ0n) is 6.78. The quantitative estimate of drug-likeness (QED) is 0.322. The standard InChI is InChI=1S/C6H13NO5.ClH/c7-3-5(10)4(9)2(1-8)12-6(3)11;/h2-6,8-11H,1,7H2;1H/t2-,3-,4-,5-,6+;/m1./s1. The van der Waals surface area contributed by atoms with Gasteiger partial charge in [-0.2, -0.15) is 0 Å². The van der Waals surface area contributed by atoms with E-state index in [1.165, 1.54) is 0 Å². The summed E-state index contributed by atoms with van der Waals surface area (Å²) in [5, 5.41) is 36.1. The minimum atomic E-state index is -1.35. The zero-order valence-corrected chi connectivity index (χ0v) is 7.59. The molecular weight excluding hydrogens is 202 g/mol. The summed E-state index contributed by atoms with van der Waals surface area (Å²) in [7, 11) is 0. The molecule has 0 aromatic rings. The Morgan fingerprint density at radius 3 is 2.15 bits per heavy atom. The van der Waals surface area contributed by atoms with Crippen LogP contribution in [0.5, 0.6) is 0 Å². The molecule has 0 bridgehead atoms. The molecule has 80 valence electrons. The molecule has 0 saturated carbocycles. The number of hydrogen-bond acceptors (Lipinski definition) is 6. The van der Waals surface area contributed by atoms with Crippen molar-refractivity contribution < 1.29 is 25.2 Å². The molecule has 1 rings (SSSR count). The molecule has 0 aromatic carbocycles. The van der Waals surface area contributed by atoms with Crippen molar-refractivity contribution in [2.45, 2.75) is 30.6 Å². The fourth-order valence-corrected chi connectivity index (χ4v) is 1.12. The predicted molar refractivity (Wildman–Crippen MR) is 45.2 cm³/mol. The summed E-state index contributed by atoms with van der Waals surface area (Å²) < 4.78 is 4.70. The molecule has 0 radical (unpaired) electrons. The molecule has 6 N–H and O–H groups in total.